The van der Waals surface area contributed by atoms with Gasteiger partial charge in [-0.25, -0.2) is 0 Å². The van der Waals surface area contributed by atoms with Crippen molar-refractivity contribution in [3.63, 3.8) is 0 Å². The Balaban J connectivity index is 2.00. The molecule has 0 spiro atoms. The van der Waals surface area contributed by atoms with Gasteiger partial charge < -0.3 is 10.3 Å². The van der Waals surface area contributed by atoms with Crippen LogP contribution in [0.25, 0.3) is 21.8 Å². The molecule has 20 heavy (non-hydrogen) atoms. The molecule has 3 heterocycles. The first-order valence-electron chi connectivity index (χ1n) is 5.93. The number of pyridine rings is 1. The number of aryl methyl sites for hydroxylation is 1. The summed E-state index contributed by atoms with van der Waals surface area (Å²) in [5.41, 5.74) is 7.44. The van der Waals surface area contributed by atoms with Crippen molar-refractivity contribution in [2.45, 2.75) is 6.92 Å². The average Bonchev–Trinajstić information content (AvgIpc) is 3.08. The lowest BCUT2D eigenvalue weighted by molar-refractivity contribution is 0.0995. The zero-order valence-corrected chi connectivity index (χ0v) is 11.5. The van der Waals surface area contributed by atoms with Gasteiger partial charge in [0.2, 0.25) is 0 Å². The van der Waals surface area contributed by atoms with Gasteiger partial charge in [0.1, 0.15) is 5.69 Å². The van der Waals surface area contributed by atoms with Crippen LogP contribution >= 0.6 is 11.3 Å². The van der Waals surface area contributed by atoms with E-state index in [9.17, 15) is 4.79 Å². The molecule has 0 aliphatic rings. The summed E-state index contributed by atoms with van der Waals surface area (Å²) in [6.45, 7) is 2.03. The summed E-state index contributed by atoms with van der Waals surface area (Å²) in [6, 6.07) is 7.32. The zero-order valence-electron chi connectivity index (χ0n) is 10.7. The Morgan fingerprint density at radius 1 is 1.35 bits per heavy atom. The summed E-state index contributed by atoms with van der Waals surface area (Å²) < 4.78 is 5.16. The van der Waals surface area contributed by atoms with E-state index in [1.165, 1.54) is 0 Å². The highest BCUT2D eigenvalue weighted by Crippen LogP contribution is 2.36. The Kier molecular flexibility index (Phi) is 3.08. The van der Waals surface area contributed by atoms with E-state index < -0.39 is 5.91 Å². The van der Waals surface area contributed by atoms with Crippen LogP contribution in [0.3, 0.4) is 0 Å². The number of nitrogens with zero attached hydrogens (tertiary/aromatic N) is 2. The molecule has 0 saturated heterocycles. The number of hydrogen-bond acceptors (Lipinski definition) is 5. The van der Waals surface area contributed by atoms with E-state index in [1.807, 2.05) is 25.1 Å². The quantitative estimate of drug-likeness (QED) is 0.802. The van der Waals surface area contributed by atoms with Gasteiger partial charge in [-0.05, 0) is 24.6 Å². The zero-order chi connectivity index (χ0) is 14.1. The molecule has 0 aliphatic carbocycles. The van der Waals surface area contributed by atoms with E-state index in [0.717, 1.165) is 26.6 Å². The minimum Gasteiger partial charge on any atom is -0.364 e. The monoisotopic (exact) mass is 285 g/mol. The van der Waals surface area contributed by atoms with Crippen LogP contribution < -0.4 is 5.73 Å². The molecule has 0 unspecified atom stereocenters. The number of carbonyl (C=O) groups excluding carboxylic acids is 1. The van der Waals surface area contributed by atoms with Gasteiger partial charge in [0.15, 0.2) is 5.76 Å². The molecule has 2 N–H and O–H groups in total. The lowest BCUT2D eigenvalue weighted by Crippen LogP contribution is -2.12. The van der Waals surface area contributed by atoms with Gasteiger partial charge in [-0.1, -0.05) is 11.2 Å². The number of hydrogen-bond donors (Lipinski definition) is 1. The molecule has 3 aromatic rings. The maximum atomic E-state index is 11.0. The van der Waals surface area contributed by atoms with E-state index in [2.05, 4.69) is 10.1 Å². The summed E-state index contributed by atoms with van der Waals surface area (Å²) in [5, 5.41) is 3.71. The number of aromatic nitrogens is 2. The lowest BCUT2D eigenvalue weighted by atomic mass is 10.1. The van der Waals surface area contributed by atoms with Crippen molar-refractivity contribution in [3.8, 4) is 21.8 Å². The van der Waals surface area contributed by atoms with Crippen LogP contribution in [-0.4, -0.2) is 16.0 Å². The first-order chi connectivity index (χ1) is 9.65. The van der Waals surface area contributed by atoms with Gasteiger partial charge >= 0.3 is 0 Å². The molecule has 0 fully saturated rings. The summed E-state index contributed by atoms with van der Waals surface area (Å²) >= 11 is 1.62. The molecule has 0 aliphatic heterocycles. The molecule has 3 rings (SSSR count). The second kappa shape index (κ2) is 4.90. The maximum absolute atomic E-state index is 11.0. The molecule has 0 aromatic carbocycles. The minimum atomic E-state index is -0.527. The number of rotatable bonds is 3. The van der Waals surface area contributed by atoms with Gasteiger partial charge in [0.25, 0.3) is 5.91 Å². The van der Waals surface area contributed by atoms with Gasteiger partial charge in [-0.2, -0.15) is 0 Å². The molecule has 1 amide bonds. The normalized spacial score (nSPS) is 10.7. The molecule has 3 aromatic heterocycles. The SMILES string of the molecule is Cc1sc(-c2ccno2)cc1-c1ccc(C(N)=O)nc1. The Morgan fingerprint density at radius 2 is 2.20 bits per heavy atom. The van der Waals surface area contributed by atoms with Gasteiger partial charge in [-0.15, -0.1) is 11.3 Å². The van der Waals surface area contributed by atoms with E-state index in [4.69, 9.17) is 10.3 Å². The van der Waals surface area contributed by atoms with Crippen LogP contribution in [0.1, 0.15) is 15.4 Å². The van der Waals surface area contributed by atoms with Gasteiger partial charge in [-0.3, -0.25) is 9.78 Å². The number of primary amides is 1. The van der Waals surface area contributed by atoms with Crippen molar-refractivity contribution in [2.75, 3.05) is 0 Å². The van der Waals surface area contributed by atoms with Crippen LogP contribution in [-0.2, 0) is 0 Å². The number of thiophene rings is 1. The fourth-order valence-electron chi connectivity index (χ4n) is 1.93. The topological polar surface area (TPSA) is 82.0 Å². The number of amides is 1. The molecule has 5 nitrogen and oxygen atoms in total. The molecule has 0 radical (unpaired) electrons. The first kappa shape index (κ1) is 12.6. The van der Waals surface area contributed by atoms with Gasteiger partial charge in [0.05, 0.1) is 11.1 Å². The van der Waals surface area contributed by atoms with E-state index in [-0.39, 0.29) is 5.69 Å². The summed E-state index contributed by atoms with van der Waals surface area (Å²) in [4.78, 5) is 17.2. The van der Waals surface area contributed by atoms with Crippen LogP contribution in [0.4, 0.5) is 0 Å². The third-order valence-electron chi connectivity index (χ3n) is 2.93. The van der Waals surface area contributed by atoms with Crippen molar-refractivity contribution in [1.29, 1.82) is 0 Å². The highest BCUT2D eigenvalue weighted by Gasteiger charge is 2.12. The Labute approximate surface area is 119 Å². The maximum Gasteiger partial charge on any atom is 0.267 e. The second-order valence-electron chi connectivity index (χ2n) is 4.25. The predicted octanol–water partition coefficient (Wildman–Crippen LogP) is 2.87. The lowest BCUT2D eigenvalue weighted by Gasteiger charge is -2.00. The molecular weight excluding hydrogens is 274 g/mol. The first-order valence-corrected chi connectivity index (χ1v) is 6.74. The fourth-order valence-corrected chi connectivity index (χ4v) is 2.93. The number of nitrogens with two attached hydrogens (primary N) is 1. The summed E-state index contributed by atoms with van der Waals surface area (Å²) in [7, 11) is 0. The van der Waals surface area contributed by atoms with Crippen LogP contribution in [0.2, 0.25) is 0 Å². The van der Waals surface area contributed by atoms with Crippen molar-refractivity contribution in [3.05, 3.63) is 47.2 Å². The Morgan fingerprint density at radius 3 is 2.80 bits per heavy atom. The summed E-state index contributed by atoms with van der Waals surface area (Å²) in [6.07, 6.45) is 3.27. The Hall–Kier alpha value is -2.47. The second-order valence-corrected chi connectivity index (χ2v) is 5.51. The van der Waals surface area contributed by atoms with Crippen LogP contribution in [0.15, 0.2) is 41.2 Å². The van der Waals surface area contributed by atoms with E-state index in [0.29, 0.717) is 0 Å². The standard InChI is InChI=1S/C14H11N3O2S/c1-8-10(6-13(20-8)12-4-5-17-19-12)9-2-3-11(14(15)18)16-7-9/h2-7H,1H3,(H2,15,18). The molecule has 0 atom stereocenters. The third-order valence-corrected chi connectivity index (χ3v) is 3.99. The molecular formula is C14H11N3O2S. The van der Waals surface area contributed by atoms with Crippen molar-refractivity contribution < 1.29 is 9.32 Å². The third kappa shape index (κ3) is 2.21. The largest absolute Gasteiger partial charge is 0.364 e. The molecule has 100 valence electrons. The summed E-state index contributed by atoms with van der Waals surface area (Å²) in [5.74, 6) is 0.215. The average molecular weight is 285 g/mol. The molecule has 0 bridgehead atoms. The highest BCUT2D eigenvalue weighted by atomic mass is 32.1. The van der Waals surface area contributed by atoms with Crippen molar-refractivity contribution >= 4 is 17.2 Å². The predicted molar refractivity (Wildman–Crippen MR) is 76.3 cm³/mol. The Bertz CT molecular complexity index is 745. The fraction of sp³-hybridized carbons (Fsp3) is 0.0714. The van der Waals surface area contributed by atoms with Crippen molar-refractivity contribution in [2.24, 2.45) is 5.73 Å². The van der Waals surface area contributed by atoms with Crippen molar-refractivity contribution in [1.82, 2.24) is 10.1 Å². The van der Waals surface area contributed by atoms with E-state index in [1.54, 1.807) is 29.8 Å². The van der Waals surface area contributed by atoms with Crippen LogP contribution in [0.5, 0.6) is 0 Å². The smallest absolute Gasteiger partial charge is 0.267 e. The van der Waals surface area contributed by atoms with E-state index >= 15 is 0 Å². The minimum absolute atomic E-state index is 0.261. The molecule has 0 saturated carbocycles. The van der Waals surface area contributed by atoms with Gasteiger partial charge in [0, 0.05) is 22.7 Å². The number of carbonyl (C=O) groups is 1. The highest BCUT2D eigenvalue weighted by molar-refractivity contribution is 7.15. The molecule has 6 heteroatoms. The van der Waals surface area contributed by atoms with Crippen LogP contribution in [0, 0.1) is 6.92 Å².